The number of amides is 2. The summed E-state index contributed by atoms with van der Waals surface area (Å²) >= 11 is 0. The Morgan fingerprint density at radius 2 is 1.61 bits per heavy atom. The first kappa shape index (κ1) is 20.8. The maximum atomic E-state index is 12.4. The summed E-state index contributed by atoms with van der Waals surface area (Å²) in [4.78, 5) is 26.9. The molecule has 0 radical (unpaired) electrons. The summed E-state index contributed by atoms with van der Waals surface area (Å²) < 4.78 is 0. The lowest BCUT2D eigenvalue weighted by Gasteiger charge is -2.32. The Bertz CT molecular complexity index is 654. The van der Waals surface area contributed by atoms with E-state index < -0.39 is 0 Å². The third-order valence-electron chi connectivity index (χ3n) is 6.20. The molecule has 1 aliphatic heterocycles. The van der Waals surface area contributed by atoms with Crippen molar-refractivity contribution in [2.45, 2.75) is 52.4 Å². The largest absolute Gasteiger partial charge is 0.355 e. The number of piperidine rings is 1. The summed E-state index contributed by atoms with van der Waals surface area (Å²) in [5.41, 5.74) is 3.00. The summed E-state index contributed by atoms with van der Waals surface area (Å²) in [7, 11) is 0. The van der Waals surface area contributed by atoms with Crippen molar-refractivity contribution in [3.63, 3.8) is 0 Å². The molecule has 2 fully saturated rings. The summed E-state index contributed by atoms with van der Waals surface area (Å²) in [6.45, 7) is 8.57. The fourth-order valence-electron chi connectivity index (χ4n) is 4.53. The molecule has 5 heteroatoms. The molecule has 1 aromatic rings. The third-order valence-corrected chi connectivity index (χ3v) is 6.20. The van der Waals surface area contributed by atoms with Crippen LogP contribution in [0.2, 0.25) is 0 Å². The van der Waals surface area contributed by atoms with Crippen molar-refractivity contribution in [2.75, 3.05) is 32.7 Å². The zero-order valence-electron chi connectivity index (χ0n) is 17.4. The molecule has 1 saturated heterocycles. The van der Waals surface area contributed by atoms with E-state index in [0.717, 1.165) is 75.1 Å². The minimum absolute atomic E-state index is 0.0313. The highest BCUT2D eigenvalue weighted by Crippen LogP contribution is 2.24. The van der Waals surface area contributed by atoms with Gasteiger partial charge in [0.1, 0.15) is 0 Å². The lowest BCUT2D eigenvalue weighted by atomic mass is 9.96. The number of carbonyl (C=O) groups excluding carboxylic acids is 2. The van der Waals surface area contributed by atoms with Gasteiger partial charge in [-0.2, -0.15) is 0 Å². The molecule has 1 aromatic carbocycles. The predicted octanol–water partition coefficient (Wildman–Crippen LogP) is 3.05. The highest BCUT2D eigenvalue weighted by molar-refractivity contribution is 5.94. The average molecular weight is 386 g/mol. The van der Waals surface area contributed by atoms with Gasteiger partial charge in [0.2, 0.25) is 5.91 Å². The number of benzene rings is 1. The Morgan fingerprint density at radius 1 is 0.964 bits per heavy atom. The monoisotopic (exact) mass is 385 g/mol. The smallest absolute Gasteiger partial charge is 0.251 e. The van der Waals surface area contributed by atoms with Crippen LogP contribution >= 0.6 is 0 Å². The first-order chi connectivity index (χ1) is 13.5. The maximum absolute atomic E-state index is 12.4. The molecule has 28 heavy (non-hydrogen) atoms. The van der Waals surface area contributed by atoms with Gasteiger partial charge in [0.15, 0.2) is 0 Å². The summed E-state index contributed by atoms with van der Waals surface area (Å²) in [6, 6.07) is 5.98. The van der Waals surface area contributed by atoms with E-state index in [1.165, 1.54) is 12.8 Å². The topological polar surface area (TPSA) is 61.4 Å². The first-order valence-corrected chi connectivity index (χ1v) is 10.9. The van der Waals surface area contributed by atoms with Crippen LogP contribution in [0.15, 0.2) is 18.2 Å². The number of hydrogen-bond acceptors (Lipinski definition) is 3. The van der Waals surface area contributed by atoms with Gasteiger partial charge in [-0.3, -0.25) is 9.59 Å². The molecule has 0 bridgehead atoms. The van der Waals surface area contributed by atoms with E-state index in [9.17, 15) is 9.59 Å². The van der Waals surface area contributed by atoms with Gasteiger partial charge < -0.3 is 15.5 Å². The van der Waals surface area contributed by atoms with E-state index in [0.29, 0.717) is 5.92 Å². The molecule has 3 rings (SSSR count). The van der Waals surface area contributed by atoms with Gasteiger partial charge in [-0.15, -0.1) is 0 Å². The fourth-order valence-corrected chi connectivity index (χ4v) is 4.53. The van der Waals surface area contributed by atoms with Crippen LogP contribution < -0.4 is 10.6 Å². The second-order valence-corrected chi connectivity index (χ2v) is 8.64. The Hall–Kier alpha value is -1.88. The van der Waals surface area contributed by atoms with Gasteiger partial charge in [-0.05, 0) is 70.7 Å². The Kier molecular flexibility index (Phi) is 7.49. The molecule has 1 aliphatic carbocycles. The molecule has 2 amide bonds. The van der Waals surface area contributed by atoms with Crippen molar-refractivity contribution in [3.05, 3.63) is 34.9 Å². The standard InChI is InChI=1S/C23H35N3O2/c1-17-13-18(2)15-21(14-17)23(28)25-16-19-7-10-26(11-8-19)12-9-24-22(27)20-5-3-4-6-20/h13-15,19-20H,3-12,16H2,1-2H3,(H,24,27)(H,25,28). The van der Waals surface area contributed by atoms with Crippen LogP contribution in [-0.4, -0.2) is 49.4 Å². The van der Waals surface area contributed by atoms with Gasteiger partial charge in [-0.25, -0.2) is 0 Å². The van der Waals surface area contributed by atoms with Crippen molar-refractivity contribution in [3.8, 4) is 0 Å². The summed E-state index contributed by atoms with van der Waals surface area (Å²) in [5.74, 6) is 1.08. The minimum Gasteiger partial charge on any atom is -0.355 e. The molecule has 0 spiro atoms. The van der Waals surface area contributed by atoms with Crippen LogP contribution in [0.1, 0.15) is 60.0 Å². The third kappa shape index (κ3) is 6.06. The van der Waals surface area contributed by atoms with Gasteiger partial charge in [0.25, 0.3) is 5.91 Å². The molecular formula is C23H35N3O2. The molecule has 5 nitrogen and oxygen atoms in total. The van der Waals surface area contributed by atoms with Gasteiger partial charge in [0, 0.05) is 31.1 Å². The zero-order chi connectivity index (χ0) is 19.9. The molecule has 0 aromatic heterocycles. The van der Waals surface area contributed by atoms with Crippen LogP contribution in [0.25, 0.3) is 0 Å². The van der Waals surface area contributed by atoms with E-state index in [1.54, 1.807) is 0 Å². The normalized spacial score (nSPS) is 18.9. The van der Waals surface area contributed by atoms with E-state index >= 15 is 0 Å². The molecule has 1 heterocycles. The van der Waals surface area contributed by atoms with Gasteiger partial charge in [-0.1, -0.05) is 30.0 Å². The zero-order valence-corrected chi connectivity index (χ0v) is 17.4. The van der Waals surface area contributed by atoms with E-state index in [1.807, 2.05) is 26.0 Å². The summed E-state index contributed by atoms with van der Waals surface area (Å²) in [6.07, 6.45) is 6.72. The Morgan fingerprint density at radius 3 is 2.25 bits per heavy atom. The summed E-state index contributed by atoms with van der Waals surface area (Å²) in [5, 5.41) is 6.23. The number of rotatable bonds is 7. The van der Waals surface area contributed by atoms with Crippen molar-refractivity contribution in [2.24, 2.45) is 11.8 Å². The van der Waals surface area contributed by atoms with E-state index in [4.69, 9.17) is 0 Å². The van der Waals surface area contributed by atoms with Crippen LogP contribution in [-0.2, 0) is 4.79 Å². The highest BCUT2D eigenvalue weighted by atomic mass is 16.2. The van der Waals surface area contributed by atoms with Crippen molar-refractivity contribution < 1.29 is 9.59 Å². The quantitative estimate of drug-likeness (QED) is 0.758. The number of carbonyl (C=O) groups is 2. The van der Waals surface area contributed by atoms with Gasteiger partial charge in [0.05, 0.1) is 0 Å². The molecule has 2 N–H and O–H groups in total. The number of aryl methyl sites for hydroxylation is 2. The number of hydrogen-bond donors (Lipinski definition) is 2. The van der Waals surface area contributed by atoms with Crippen molar-refractivity contribution in [1.29, 1.82) is 0 Å². The number of nitrogens with zero attached hydrogens (tertiary/aromatic N) is 1. The molecular weight excluding hydrogens is 350 g/mol. The van der Waals surface area contributed by atoms with Crippen LogP contribution in [0, 0.1) is 25.7 Å². The second-order valence-electron chi connectivity index (χ2n) is 8.64. The van der Waals surface area contributed by atoms with Crippen LogP contribution in [0.3, 0.4) is 0 Å². The lowest BCUT2D eigenvalue weighted by molar-refractivity contribution is -0.124. The first-order valence-electron chi connectivity index (χ1n) is 10.9. The van der Waals surface area contributed by atoms with Crippen molar-refractivity contribution >= 4 is 11.8 Å². The second kappa shape index (κ2) is 10.1. The molecule has 2 aliphatic rings. The van der Waals surface area contributed by atoms with Crippen LogP contribution in [0.5, 0.6) is 0 Å². The van der Waals surface area contributed by atoms with Gasteiger partial charge >= 0.3 is 0 Å². The average Bonchev–Trinajstić information content (AvgIpc) is 3.21. The van der Waals surface area contributed by atoms with Crippen LogP contribution in [0.4, 0.5) is 0 Å². The van der Waals surface area contributed by atoms with E-state index in [-0.39, 0.29) is 17.7 Å². The molecule has 0 atom stereocenters. The Balaban J connectivity index is 1.31. The fraction of sp³-hybridized carbons (Fsp3) is 0.652. The lowest BCUT2D eigenvalue weighted by Crippen LogP contribution is -2.42. The number of likely N-dealkylation sites (tertiary alicyclic amines) is 1. The van der Waals surface area contributed by atoms with Crippen molar-refractivity contribution in [1.82, 2.24) is 15.5 Å². The highest BCUT2D eigenvalue weighted by Gasteiger charge is 2.23. The van der Waals surface area contributed by atoms with E-state index in [2.05, 4.69) is 21.6 Å². The minimum atomic E-state index is 0.0313. The maximum Gasteiger partial charge on any atom is 0.251 e. The Labute approximate surface area is 169 Å². The number of nitrogens with one attached hydrogen (secondary N) is 2. The molecule has 154 valence electrons. The molecule has 1 saturated carbocycles. The predicted molar refractivity (Wildman–Crippen MR) is 112 cm³/mol. The molecule has 0 unspecified atom stereocenters. The SMILES string of the molecule is Cc1cc(C)cc(C(=O)NCC2CCN(CCNC(=O)C3CCCC3)CC2)c1.